The molecule has 13 heteroatoms. The lowest BCUT2D eigenvalue weighted by Crippen LogP contribution is -2.50. The van der Waals surface area contributed by atoms with E-state index in [4.69, 9.17) is 9.39 Å². The van der Waals surface area contributed by atoms with Crippen molar-refractivity contribution < 1.29 is 31.7 Å². The summed E-state index contributed by atoms with van der Waals surface area (Å²) in [5, 5.41) is 4.03. The number of rotatable bonds is 7. The lowest BCUT2D eigenvalue weighted by Gasteiger charge is -2.29. The number of nitrogens with one attached hydrogen (secondary N) is 2. The van der Waals surface area contributed by atoms with Crippen molar-refractivity contribution >= 4 is 22.3 Å². The molecule has 3 amide bonds. The van der Waals surface area contributed by atoms with Gasteiger partial charge in [0.1, 0.15) is 6.04 Å². The van der Waals surface area contributed by atoms with Crippen molar-refractivity contribution in [2.45, 2.75) is 56.3 Å². The molecule has 0 aromatic rings. The summed E-state index contributed by atoms with van der Waals surface area (Å²) in [5.74, 6) is -0.459. The predicted octanol–water partition coefficient (Wildman–Crippen LogP) is -1.14. The summed E-state index contributed by atoms with van der Waals surface area (Å²) in [7, 11) is -4.81. The molecule has 0 saturated carbocycles. The van der Waals surface area contributed by atoms with Gasteiger partial charge < -0.3 is 10.2 Å². The normalized spacial score (nSPS) is 32.9. The molecule has 3 N–H and O–H groups in total. The first kappa shape index (κ1) is 20.8. The largest absolute Gasteiger partial charge is 0.418 e. The lowest BCUT2D eigenvalue weighted by atomic mass is 10.0. The van der Waals surface area contributed by atoms with Crippen molar-refractivity contribution in [2.75, 3.05) is 32.8 Å². The number of hydroxylamine groups is 3. The molecule has 4 aliphatic heterocycles. The molecule has 12 nitrogen and oxygen atoms in total. The van der Waals surface area contributed by atoms with Gasteiger partial charge in [0.15, 0.2) is 0 Å². The number of carbonyl (C=O) groups is 2. The fourth-order valence-electron chi connectivity index (χ4n) is 4.70. The van der Waals surface area contributed by atoms with Gasteiger partial charge in [0.25, 0.3) is 5.91 Å². The van der Waals surface area contributed by atoms with Crippen molar-refractivity contribution in [3.8, 4) is 0 Å². The summed E-state index contributed by atoms with van der Waals surface area (Å²) in [6.45, 7) is 3.67. The van der Waals surface area contributed by atoms with Crippen LogP contribution in [0.25, 0.3) is 0 Å². The number of amides is 3. The minimum atomic E-state index is -4.81. The van der Waals surface area contributed by atoms with E-state index in [1.807, 2.05) is 0 Å². The molecule has 164 valence electrons. The van der Waals surface area contributed by atoms with Crippen LogP contribution in [-0.4, -0.2) is 96.7 Å². The molecule has 4 heterocycles. The van der Waals surface area contributed by atoms with Crippen molar-refractivity contribution in [3.05, 3.63) is 0 Å². The van der Waals surface area contributed by atoms with Crippen LogP contribution in [0.5, 0.6) is 0 Å². The molecular formula is C16H27N5O7S. The number of nitrogens with zero attached hydrogens (tertiary/aromatic N) is 3. The van der Waals surface area contributed by atoms with Crippen molar-refractivity contribution in [3.63, 3.8) is 0 Å². The zero-order valence-corrected chi connectivity index (χ0v) is 16.8. The maximum atomic E-state index is 12.5. The number of hydrogen-bond acceptors (Lipinski definition) is 8. The maximum absolute atomic E-state index is 12.5. The SMILES string of the molecule is O=C(NOC[C@H]1C[C@@H](N2CCCC2)CN1)[C@@H]1CC[C@@H]2CN1C(=O)N2OS(=O)(=O)O. The van der Waals surface area contributed by atoms with Crippen LogP contribution in [0, 0.1) is 0 Å². The lowest BCUT2D eigenvalue weighted by molar-refractivity contribution is -0.139. The monoisotopic (exact) mass is 433 g/mol. The second kappa shape index (κ2) is 8.32. The minimum absolute atomic E-state index is 0.147. The summed E-state index contributed by atoms with van der Waals surface area (Å²) >= 11 is 0. The third-order valence-electron chi connectivity index (χ3n) is 6.11. The molecule has 4 rings (SSSR count). The Hall–Kier alpha value is -1.51. The van der Waals surface area contributed by atoms with Crippen LogP contribution in [0.4, 0.5) is 4.79 Å². The first-order valence-electron chi connectivity index (χ1n) is 9.98. The van der Waals surface area contributed by atoms with Crippen LogP contribution in [-0.2, 0) is 24.3 Å². The van der Waals surface area contributed by atoms with Crippen molar-refractivity contribution in [1.82, 2.24) is 25.7 Å². The Morgan fingerprint density at radius 3 is 2.72 bits per heavy atom. The van der Waals surface area contributed by atoms with Gasteiger partial charge in [0.2, 0.25) is 0 Å². The molecule has 4 atom stereocenters. The third kappa shape index (κ3) is 4.64. The highest BCUT2D eigenvalue weighted by molar-refractivity contribution is 7.80. The zero-order chi connectivity index (χ0) is 20.6. The van der Waals surface area contributed by atoms with Gasteiger partial charge in [-0.1, -0.05) is 0 Å². The van der Waals surface area contributed by atoms with E-state index in [1.165, 1.54) is 17.7 Å². The minimum Gasteiger partial charge on any atom is -0.310 e. The molecule has 0 aromatic heterocycles. The summed E-state index contributed by atoms with van der Waals surface area (Å²) < 4.78 is 35.0. The second-order valence-corrected chi connectivity index (χ2v) is 9.03. The highest BCUT2D eigenvalue weighted by atomic mass is 32.3. The summed E-state index contributed by atoms with van der Waals surface area (Å²) in [5.41, 5.74) is 2.42. The Kier molecular flexibility index (Phi) is 5.95. The molecule has 29 heavy (non-hydrogen) atoms. The van der Waals surface area contributed by atoms with Crippen LogP contribution in [0.3, 0.4) is 0 Å². The van der Waals surface area contributed by atoms with Gasteiger partial charge in [-0.05, 0) is 45.2 Å². The summed E-state index contributed by atoms with van der Waals surface area (Å²) in [6, 6.07) is -1.41. The fourth-order valence-corrected chi connectivity index (χ4v) is 5.08. The number of urea groups is 1. The molecule has 0 spiro atoms. The van der Waals surface area contributed by atoms with E-state index in [0.717, 1.165) is 26.1 Å². The second-order valence-electron chi connectivity index (χ2n) is 8.03. The number of likely N-dealkylation sites (tertiary alicyclic amines) is 1. The predicted molar refractivity (Wildman–Crippen MR) is 98.5 cm³/mol. The molecule has 4 aliphatic rings. The van der Waals surface area contributed by atoms with Gasteiger partial charge >= 0.3 is 16.4 Å². The van der Waals surface area contributed by atoms with E-state index < -0.39 is 34.4 Å². The van der Waals surface area contributed by atoms with Gasteiger partial charge in [-0.25, -0.2) is 10.3 Å². The molecule has 2 bridgehead atoms. The van der Waals surface area contributed by atoms with Gasteiger partial charge in [-0.2, -0.15) is 13.5 Å². The third-order valence-corrected chi connectivity index (χ3v) is 6.46. The highest BCUT2D eigenvalue weighted by Gasteiger charge is 2.49. The Labute approximate surface area is 169 Å². The van der Waals surface area contributed by atoms with E-state index in [9.17, 15) is 18.0 Å². The number of carbonyl (C=O) groups excluding carboxylic acids is 2. The number of hydrogen-bond donors (Lipinski definition) is 3. The van der Waals surface area contributed by atoms with Gasteiger partial charge in [-0.3, -0.25) is 19.1 Å². The highest BCUT2D eigenvalue weighted by Crippen LogP contribution is 2.30. The number of piperidine rings is 1. The van der Waals surface area contributed by atoms with E-state index in [-0.39, 0.29) is 12.6 Å². The summed E-state index contributed by atoms with van der Waals surface area (Å²) in [4.78, 5) is 33.9. The Morgan fingerprint density at radius 1 is 1.24 bits per heavy atom. The molecule has 4 saturated heterocycles. The van der Waals surface area contributed by atoms with Gasteiger partial charge in [-0.15, -0.1) is 4.28 Å². The number of fused-ring (bicyclic) bond motifs is 2. The molecule has 4 fully saturated rings. The van der Waals surface area contributed by atoms with Crippen LogP contribution in [0.2, 0.25) is 0 Å². The fraction of sp³-hybridized carbons (Fsp3) is 0.875. The van der Waals surface area contributed by atoms with Crippen molar-refractivity contribution in [1.29, 1.82) is 0 Å². The standard InChI is InChI=1S/C16H27N5O7S/c22-15(18-27-10-11-7-13(8-17-11)19-5-1-2-6-19)14-4-3-12-9-20(14)16(23)21(12)28-29(24,25)26/h11-14,17H,1-10H2,(H,18,22)(H,24,25,26)/t11-,12-,13-,14+/m1/s1. The van der Waals surface area contributed by atoms with Crippen LogP contribution >= 0.6 is 0 Å². The molecular weight excluding hydrogens is 406 g/mol. The van der Waals surface area contributed by atoms with Gasteiger partial charge in [0.05, 0.1) is 12.6 Å². The average Bonchev–Trinajstić information content (AvgIpc) is 3.39. The van der Waals surface area contributed by atoms with E-state index in [1.54, 1.807) is 0 Å². The topological polar surface area (TPSA) is 141 Å². The van der Waals surface area contributed by atoms with Gasteiger partial charge in [0, 0.05) is 25.2 Å². The van der Waals surface area contributed by atoms with E-state index in [0.29, 0.717) is 30.6 Å². The molecule has 0 radical (unpaired) electrons. The molecule has 0 aromatic carbocycles. The van der Waals surface area contributed by atoms with Crippen LogP contribution in [0.1, 0.15) is 32.1 Å². The Balaban J connectivity index is 1.23. The first-order valence-corrected chi connectivity index (χ1v) is 11.3. The van der Waals surface area contributed by atoms with Crippen LogP contribution in [0.15, 0.2) is 0 Å². The van der Waals surface area contributed by atoms with Crippen LogP contribution < -0.4 is 10.8 Å². The molecule has 0 aliphatic carbocycles. The van der Waals surface area contributed by atoms with E-state index >= 15 is 0 Å². The maximum Gasteiger partial charge on any atom is 0.418 e. The Morgan fingerprint density at radius 2 is 2.00 bits per heavy atom. The summed E-state index contributed by atoms with van der Waals surface area (Å²) in [6.07, 6.45) is 4.18. The zero-order valence-electron chi connectivity index (χ0n) is 16.0. The first-order chi connectivity index (χ1) is 13.8. The quantitative estimate of drug-likeness (QED) is 0.336. The van der Waals surface area contributed by atoms with E-state index in [2.05, 4.69) is 20.0 Å². The average molecular weight is 433 g/mol. The van der Waals surface area contributed by atoms with Crippen molar-refractivity contribution in [2.24, 2.45) is 0 Å². The smallest absolute Gasteiger partial charge is 0.310 e. The Bertz CT molecular complexity index is 744. The molecule has 0 unspecified atom stereocenters.